The van der Waals surface area contributed by atoms with Crippen LogP contribution in [0.25, 0.3) is 0 Å². The van der Waals surface area contributed by atoms with Crippen LogP contribution in [0.5, 0.6) is 0 Å². The number of fused-ring (bicyclic) bond motifs is 2. The first-order valence-electron chi connectivity index (χ1n) is 7.22. The molecule has 5 nitrogen and oxygen atoms in total. The lowest BCUT2D eigenvalue weighted by molar-refractivity contribution is 0.102. The molecular formula is C14H20ClN3O2. The van der Waals surface area contributed by atoms with Crippen LogP contribution in [0.1, 0.15) is 33.1 Å². The number of nitrogens with one attached hydrogen (secondary N) is 1. The summed E-state index contributed by atoms with van der Waals surface area (Å²) in [6.45, 7) is 4.66. The molecule has 2 aliphatic rings. The molecule has 2 aliphatic heterocycles. The van der Waals surface area contributed by atoms with Crippen molar-refractivity contribution in [3.05, 3.63) is 21.6 Å². The minimum Gasteiger partial charge on any atom is -0.377 e. The quantitative estimate of drug-likeness (QED) is 0.926. The molecule has 1 aromatic rings. The number of hydrogen-bond donors (Lipinski definition) is 1. The fourth-order valence-corrected chi connectivity index (χ4v) is 3.23. The number of halogens is 1. The third kappa shape index (κ3) is 2.56. The fraction of sp³-hybridized carbons (Fsp3) is 0.714. The predicted molar refractivity (Wildman–Crippen MR) is 78.3 cm³/mol. The Hall–Kier alpha value is -1.07. The average molecular weight is 298 g/mol. The molecule has 3 heterocycles. The highest BCUT2D eigenvalue weighted by molar-refractivity contribution is 6.32. The zero-order chi connectivity index (χ0) is 14.3. The molecule has 0 radical (unpaired) electrons. The van der Waals surface area contributed by atoms with Crippen molar-refractivity contribution in [1.82, 2.24) is 9.78 Å². The van der Waals surface area contributed by atoms with Crippen LogP contribution >= 0.6 is 11.6 Å². The van der Waals surface area contributed by atoms with E-state index in [2.05, 4.69) is 10.4 Å². The van der Waals surface area contributed by atoms with E-state index in [-0.39, 0.29) is 22.7 Å². The van der Waals surface area contributed by atoms with Gasteiger partial charge in [-0.2, -0.15) is 5.10 Å². The Kier molecular flexibility index (Phi) is 3.73. The summed E-state index contributed by atoms with van der Waals surface area (Å²) < 4.78 is 7.22. The van der Waals surface area contributed by atoms with Crippen LogP contribution in [-0.2, 0) is 11.3 Å². The van der Waals surface area contributed by atoms with Crippen molar-refractivity contribution in [2.24, 2.45) is 5.92 Å². The number of ether oxygens (including phenoxy) is 1. The molecule has 3 unspecified atom stereocenters. The van der Waals surface area contributed by atoms with E-state index in [1.807, 2.05) is 13.8 Å². The van der Waals surface area contributed by atoms with E-state index in [9.17, 15) is 4.79 Å². The molecule has 0 aromatic carbocycles. The van der Waals surface area contributed by atoms with Crippen molar-refractivity contribution >= 4 is 17.3 Å². The topological polar surface area (TPSA) is 56.1 Å². The maximum absolute atomic E-state index is 12.2. The van der Waals surface area contributed by atoms with E-state index in [1.165, 1.54) is 4.68 Å². The highest BCUT2D eigenvalue weighted by Gasteiger charge is 2.40. The molecule has 2 saturated heterocycles. The molecule has 0 aliphatic carbocycles. The highest BCUT2D eigenvalue weighted by atomic mass is 35.5. The Balaban J connectivity index is 1.77. The van der Waals surface area contributed by atoms with Crippen LogP contribution < -0.4 is 10.9 Å². The van der Waals surface area contributed by atoms with E-state index < -0.39 is 0 Å². The predicted octanol–water partition coefficient (Wildman–Crippen LogP) is 2.28. The molecule has 3 atom stereocenters. The number of hydrogen-bond acceptors (Lipinski definition) is 4. The van der Waals surface area contributed by atoms with Gasteiger partial charge in [0, 0.05) is 6.54 Å². The van der Waals surface area contributed by atoms with Crippen molar-refractivity contribution in [1.29, 1.82) is 0 Å². The third-order valence-corrected chi connectivity index (χ3v) is 4.34. The van der Waals surface area contributed by atoms with E-state index in [0.717, 1.165) is 19.3 Å². The summed E-state index contributed by atoms with van der Waals surface area (Å²) in [4.78, 5) is 12.2. The molecule has 2 fully saturated rings. The van der Waals surface area contributed by atoms with Gasteiger partial charge >= 0.3 is 0 Å². The van der Waals surface area contributed by atoms with E-state index in [0.29, 0.717) is 24.3 Å². The number of nitrogens with zero attached hydrogens (tertiary/aromatic N) is 2. The van der Waals surface area contributed by atoms with E-state index in [1.54, 1.807) is 6.20 Å². The Labute approximate surface area is 123 Å². The van der Waals surface area contributed by atoms with Gasteiger partial charge in [-0.3, -0.25) is 4.79 Å². The SMILES string of the molecule is CC(C)Cn1ncc(NC2CC3CCC2O3)c(Cl)c1=O. The minimum atomic E-state index is -0.227. The first-order valence-corrected chi connectivity index (χ1v) is 7.60. The molecule has 6 heteroatoms. The summed E-state index contributed by atoms with van der Waals surface area (Å²) in [6, 6.07) is 0.244. The summed E-state index contributed by atoms with van der Waals surface area (Å²) >= 11 is 6.19. The van der Waals surface area contributed by atoms with Gasteiger partial charge in [-0.1, -0.05) is 25.4 Å². The van der Waals surface area contributed by atoms with Gasteiger partial charge in [0.05, 0.1) is 30.1 Å². The van der Waals surface area contributed by atoms with Gasteiger partial charge in [-0.05, 0) is 25.2 Å². The monoisotopic (exact) mass is 297 g/mol. The lowest BCUT2D eigenvalue weighted by Crippen LogP contribution is -2.32. The van der Waals surface area contributed by atoms with Crippen LogP contribution in [0.15, 0.2) is 11.0 Å². The Morgan fingerprint density at radius 1 is 1.55 bits per heavy atom. The maximum atomic E-state index is 12.2. The third-order valence-electron chi connectivity index (χ3n) is 3.97. The van der Waals surface area contributed by atoms with E-state index in [4.69, 9.17) is 16.3 Å². The fourth-order valence-electron chi connectivity index (χ4n) is 3.03. The second-order valence-electron chi connectivity index (χ2n) is 6.11. The number of anilines is 1. The maximum Gasteiger partial charge on any atom is 0.287 e. The lowest BCUT2D eigenvalue weighted by Gasteiger charge is -2.21. The summed E-state index contributed by atoms with van der Waals surface area (Å²) in [7, 11) is 0. The van der Waals surface area contributed by atoms with Crippen molar-refractivity contribution in [3.8, 4) is 0 Å². The largest absolute Gasteiger partial charge is 0.377 e. The number of aromatic nitrogens is 2. The normalized spacial score (nSPS) is 28.3. The first kappa shape index (κ1) is 13.9. The van der Waals surface area contributed by atoms with Gasteiger partial charge in [-0.25, -0.2) is 4.68 Å². The zero-order valence-corrected chi connectivity index (χ0v) is 12.6. The molecule has 110 valence electrons. The lowest BCUT2D eigenvalue weighted by atomic mass is 9.95. The molecule has 2 bridgehead atoms. The van der Waals surface area contributed by atoms with Crippen LogP contribution in [-0.4, -0.2) is 28.0 Å². The smallest absolute Gasteiger partial charge is 0.287 e. The zero-order valence-electron chi connectivity index (χ0n) is 11.8. The van der Waals surface area contributed by atoms with Crippen molar-refractivity contribution in [2.45, 2.75) is 57.9 Å². The molecule has 1 N–H and O–H groups in total. The standard InChI is InChI=1S/C14H20ClN3O2/c1-8(2)7-18-14(19)13(15)11(6-16-18)17-10-5-9-3-4-12(10)20-9/h6,8-10,12,17H,3-5,7H2,1-2H3. The van der Waals surface area contributed by atoms with Gasteiger partial charge in [0.25, 0.3) is 5.56 Å². The molecule has 1 aromatic heterocycles. The first-order chi connectivity index (χ1) is 9.54. The highest BCUT2D eigenvalue weighted by Crippen LogP contribution is 2.36. The Morgan fingerprint density at radius 2 is 2.35 bits per heavy atom. The molecule has 0 saturated carbocycles. The van der Waals surface area contributed by atoms with Gasteiger partial charge in [0.2, 0.25) is 0 Å². The summed E-state index contributed by atoms with van der Waals surface area (Å²) in [5.41, 5.74) is 0.396. The van der Waals surface area contributed by atoms with Gasteiger partial charge in [0.15, 0.2) is 0 Å². The number of rotatable bonds is 4. The van der Waals surface area contributed by atoms with Gasteiger partial charge in [-0.15, -0.1) is 0 Å². The van der Waals surface area contributed by atoms with Crippen LogP contribution in [0, 0.1) is 5.92 Å². The Bertz CT molecular complexity index is 558. The summed E-state index contributed by atoms with van der Waals surface area (Å²) in [5.74, 6) is 0.356. The van der Waals surface area contributed by atoms with Crippen molar-refractivity contribution in [2.75, 3.05) is 5.32 Å². The van der Waals surface area contributed by atoms with Crippen LogP contribution in [0.3, 0.4) is 0 Å². The van der Waals surface area contributed by atoms with Crippen LogP contribution in [0.4, 0.5) is 5.69 Å². The molecule has 20 heavy (non-hydrogen) atoms. The summed E-state index contributed by atoms with van der Waals surface area (Å²) in [6.07, 6.45) is 5.47. The van der Waals surface area contributed by atoms with Crippen molar-refractivity contribution < 1.29 is 4.74 Å². The molecular weight excluding hydrogens is 278 g/mol. The van der Waals surface area contributed by atoms with Gasteiger partial charge < -0.3 is 10.1 Å². The second-order valence-corrected chi connectivity index (χ2v) is 6.49. The minimum absolute atomic E-state index is 0.225. The second kappa shape index (κ2) is 5.37. The Morgan fingerprint density at radius 3 is 2.95 bits per heavy atom. The summed E-state index contributed by atoms with van der Waals surface area (Å²) in [5, 5.41) is 7.75. The molecule has 0 spiro atoms. The van der Waals surface area contributed by atoms with Crippen LogP contribution in [0.2, 0.25) is 5.02 Å². The van der Waals surface area contributed by atoms with E-state index >= 15 is 0 Å². The molecule has 3 rings (SSSR count). The molecule has 0 amide bonds. The average Bonchev–Trinajstić information content (AvgIpc) is 3.00. The van der Waals surface area contributed by atoms with Crippen molar-refractivity contribution in [3.63, 3.8) is 0 Å². The van der Waals surface area contributed by atoms with Gasteiger partial charge in [0.1, 0.15) is 5.02 Å².